The summed E-state index contributed by atoms with van der Waals surface area (Å²) in [6.45, 7) is 5.48. The molecule has 1 aromatic rings. The van der Waals surface area contributed by atoms with Gasteiger partial charge in [-0.05, 0) is 18.9 Å². The maximum absolute atomic E-state index is 11.5. The Morgan fingerprint density at radius 3 is 2.76 bits per heavy atom. The highest BCUT2D eigenvalue weighted by Gasteiger charge is 2.19. The fourth-order valence-corrected chi connectivity index (χ4v) is 1.53. The first-order valence-corrected chi connectivity index (χ1v) is 5.80. The van der Waals surface area contributed by atoms with Crippen LogP contribution in [0.1, 0.15) is 36.5 Å². The molecule has 0 atom stereocenters. The van der Waals surface area contributed by atoms with Crippen LogP contribution in [0.2, 0.25) is 0 Å². The topological polar surface area (TPSA) is 83.0 Å². The lowest BCUT2D eigenvalue weighted by Gasteiger charge is -2.08. The Bertz CT molecular complexity index is 374. The van der Waals surface area contributed by atoms with Gasteiger partial charge in [0.05, 0.1) is 12.8 Å². The summed E-state index contributed by atoms with van der Waals surface area (Å²) in [5.41, 5.74) is 6.58. The van der Waals surface area contributed by atoms with E-state index < -0.39 is 5.97 Å². The van der Waals surface area contributed by atoms with Gasteiger partial charge in [0.25, 0.3) is 0 Å². The second-order valence-corrected chi connectivity index (χ2v) is 4.32. The average molecular weight is 240 g/mol. The van der Waals surface area contributed by atoms with Crippen LogP contribution in [-0.4, -0.2) is 34.6 Å². The van der Waals surface area contributed by atoms with Gasteiger partial charge in [0.2, 0.25) is 0 Å². The van der Waals surface area contributed by atoms with E-state index in [2.05, 4.69) is 28.9 Å². The van der Waals surface area contributed by atoms with E-state index >= 15 is 0 Å². The van der Waals surface area contributed by atoms with E-state index in [1.165, 1.54) is 7.11 Å². The summed E-state index contributed by atoms with van der Waals surface area (Å²) in [4.78, 5) is 11.5. The number of carbonyl (C=O) groups excluding carboxylic acids is 1. The van der Waals surface area contributed by atoms with E-state index in [9.17, 15) is 4.79 Å². The van der Waals surface area contributed by atoms with Gasteiger partial charge in [-0.3, -0.25) is 0 Å². The minimum absolute atomic E-state index is 0.279. The van der Waals surface area contributed by atoms with Gasteiger partial charge in [-0.25, -0.2) is 9.48 Å². The molecule has 0 unspecified atom stereocenters. The van der Waals surface area contributed by atoms with Crippen LogP contribution < -0.4 is 5.73 Å². The summed E-state index contributed by atoms with van der Waals surface area (Å²) in [5.74, 6) is 0.121. The zero-order valence-electron chi connectivity index (χ0n) is 10.6. The minimum Gasteiger partial charge on any atom is -0.464 e. The number of nitrogens with zero attached hydrogens (tertiary/aromatic N) is 3. The molecule has 6 nitrogen and oxygen atoms in total. The maximum Gasteiger partial charge on any atom is 0.360 e. The SMILES string of the molecule is COC(=O)c1nnn(CCC(C)C)c1CCN. The molecule has 6 heteroatoms. The number of esters is 1. The van der Waals surface area contributed by atoms with Crippen LogP contribution in [0.3, 0.4) is 0 Å². The maximum atomic E-state index is 11.5. The average Bonchev–Trinajstić information content (AvgIpc) is 2.69. The van der Waals surface area contributed by atoms with Gasteiger partial charge in [-0.1, -0.05) is 19.1 Å². The minimum atomic E-state index is -0.454. The van der Waals surface area contributed by atoms with Crippen molar-refractivity contribution in [1.29, 1.82) is 0 Å². The van der Waals surface area contributed by atoms with Crippen molar-refractivity contribution in [1.82, 2.24) is 15.0 Å². The quantitative estimate of drug-likeness (QED) is 0.737. The summed E-state index contributed by atoms with van der Waals surface area (Å²) < 4.78 is 6.42. The molecular formula is C11H20N4O2. The van der Waals surface area contributed by atoms with Crippen LogP contribution in [0.25, 0.3) is 0 Å². The first-order chi connectivity index (χ1) is 8.10. The Balaban J connectivity index is 2.89. The van der Waals surface area contributed by atoms with Crippen molar-refractivity contribution < 1.29 is 9.53 Å². The van der Waals surface area contributed by atoms with E-state index in [0.717, 1.165) is 18.7 Å². The smallest absolute Gasteiger partial charge is 0.360 e. The summed E-state index contributed by atoms with van der Waals surface area (Å²) in [6.07, 6.45) is 1.57. The molecule has 0 saturated carbocycles. The second kappa shape index (κ2) is 6.34. The molecule has 0 aliphatic carbocycles. The van der Waals surface area contributed by atoms with Crippen LogP contribution >= 0.6 is 0 Å². The molecular weight excluding hydrogens is 220 g/mol. The second-order valence-electron chi connectivity index (χ2n) is 4.32. The lowest BCUT2D eigenvalue weighted by atomic mass is 10.1. The van der Waals surface area contributed by atoms with Gasteiger partial charge in [0, 0.05) is 13.0 Å². The molecule has 0 bridgehead atoms. The standard InChI is InChI=1S/C11H20N4O2/c1-8(2)5-7-15-9(4-6-12)10(13-14-15)11(16)17-3/h8H,4-7,12H2,1-3H3. The summed E-state index contributed by atoms with van der Waals surface area (Å²) >= 11 is 0. The molecule has 1 rings (SSSR count). The number of hydrogen-bond acceptors (Lipinski definition) is 5. The predicted molar refractivity (Wildman–Crippen MR) is 63.6 cm³/mol. The van der Waals surface area contributed by atoms with Crippen LogP contribution in [0.4, 0.5) is 0 Å². The van der Waals surface area contributed by atoms with Crippen molar-refractivity contribution in [2.75, 3.05) is 13.7 Å². The zero-order chi connectivity index (χ0) is 12.8. The zero-order valence-corrected chi connectivity index (χ0v) is 10.6. The molecule has 0 fully saturated rings. The lowest BCUT2D eigenvalue weighted by Crippen LogP contribution is -2.15. The fraction of sp³-hybridized carbons (Fsp3) is 0.727. The van der Waals surface area contributed by atoms with E-state index in [-0.39, 0.29) is 5.69 Å². The first kappa shape index (κ1) is 13.6. The van der Waals surface area contributed by atoms with Gasteiger partial charge in [-0.15, -0.1) is 5.10 Å². The van der Waals surface area contributed by atoms with E-state index in [1.807, 2.05) is 0 Å². The van der Waals surface area contributed by atoms with Crippen molar-refractivity contribution in [3.8, 4) is 0 Å². The number of aryl methyl sites for hydroxylation is 1. The molecule has 0 amide bonds. The van der Waals surface area contributed by atoms with Gasteiger partial charge in [0.15, 0.2) is 5.69 Å². The number of hydrogen-bond donors (Lipinski definition) is 1. The molecule has 1 heterocycles. The number of rotatable bonds is 6. The van der Waals surface area contributed by atoms with Crippen LogP contribution in [0.15, 0.2) is 0 Å². The Kier molecular flexibility index (Phi) is 5.09. The molecule has 0 aliphatic rings. The third kappa shape index (κ3) is 3.52. The van der Waals surface area contributed by atoms with Crippen LogP contribution in [0, 0.1) is 5.92 Å². The number of nitrogens with two attached hydrogens (primary N) is 1. The Morgan fingerprint density at radius 1 is 1.53 bits per heavy atom. The third-order valence-electron chi connectivity index (χ3n) is 2.52. The van der Waals surface area contributed by atoms with Crippen molar-refractivity contribution in [2.24, 2.45) is 11.7 Å². The highest BCUT2D eigenvalue weighted by atomic mass is 16.5. The van der Waals surface area contributed by atoms with Crippen molar-refractivity contribution in [3.05, 3.63) is 11.4 Å². The number of aromatic nitrogens is 3. The highest BCUT2D eigenvalue weighted by molar-refractivity contribution is 5.88. The summed E-state index contributed by atoms with van der Waals surface area (Å²) in [6, 6.07) is 0. The fourth-order valence-electron chi connectivity index (χ4n) is 1.53. The van der Waals surface area contributed by atoms with E-state index in [0.29, 0.717) is 18.9 Å². The molecule has 0 aromatic carbocycles. The van der Waals surface area contributed by atoms with Gasteiger partial charge >= 0.3 is 5.97 Å². The van der Waals surface area contributed by atoms with Crippen molar-refractivity contribution in [3.63, 3.8) is 0 Å². The summed E-state index contributed by atoms with van der Waals surface area (Å²) in [7, 11) is 1.34. The molecule has 1 aromatic heterocycles. The van der Waals surface area contributed by atoms with Crippen molar-refractivity contribution in [2.45, 2.75) is 33.2 Å². The molecule has 2 N–H and O–H groups in total. The molecule has 0 spiro atoms. The Hall–Kier alpha value is -1.43. The van der Waals surface area contributed by atoms with Crippen molar-refractivity contribution >= 4 is 5.97 Å². The predicted octanol–water partition coefficient (Wildman–Crippen LogP) is 0.612. The Labute approximate surface area is 101 Å². The first-order valence-electron chi connectivity index (χ1n) is 5.80. The van der Waals surface area contributed by atoms with Gasteiger partial charge in [-0.2, -0.15) is 0 Å². The normalized spacial score (nSPS) is 10.9. The number of methoxy groups -OCH3 is 1. The number of ether oxygens (including phenoxy) is 1. The van der Waals surface area contributed by atoms with Gasteiger partial charge < -0.3 is 10.5 Å². The lowest BCUT2D eigenvalue weighted by molar-refractivity contribution is 0.0592. The number of carbonyl (C=O) groups is 1. The summed E-state index contributed by atoms with van der Waals surface area (Å²) in [5, 5.41) is 7.85. The van der Waals surface area contributed by atoms with E-state index in [1.54, 1.807) is 4.68 Å². The van der Waals surface area contributed by atoms with Crippen LogP contribution in [-0.2, 0) is 17.7 Å². The molecule has 17 heavy (non-hydrogen) atoms. The molecule has 96 valence electrons. The molecule has 0 radical (unpaired) electrons. The largest absolute Gasteiger partial charge is 0.464 e. The molecule has 0 saturated heterocycles. The molecule has 0 aliphatic heterocycles. The Morgan fingerprint density at radius 2 is 2.24 bits per heavy atom. The van der Waals surface area contributed by atoms with E-state index in [4.69, 9.17) is 5.73 Å². The highest BCUT2D eigenvalue weighted by Crippen LogP contribution is 2.10. The van der Waals surface area contributed by atoms with Crippen LogP contribution in [0.5, 0.6) is 0 Å². The van der Waals surface area contributed by atoms with Gasteiger partial charge in [0.1, 0.15) is 0 Å². The third-order valence-corrected chi connectivity index (χ3v) is 2.52. The monoisotopic (exact) mass is 240 g/mol.